The van der Waals surface area contributed by atoms with E-state index in [9.17, 15) is 32.1 Å². The number of nitrogens with one attached hydrogen (secondary N) is 2. The van der Waals surface area contributed by atoms with Gasteiger partial charge in [-0.1, -0.05) is 6.07 Å². The van der Waals surface area contributed by atoms with Gasteiger partial charge in [-0.3, -0.25) is 15.0 Å². The number of carbonyl (C=O) groups is 2. The van der Waals surface area contributed by atoms with Crippen molar-refractivity contribution in [3.63, 3.8) is 0 Å². The second kappa shape index (κ2) is 18.9. The highest BCUT2D eigenvalue weighted by atomic mass is 32.2. The van der Waals surface area contributed by atoms with Crippen LogP contribution < -0.4 is 38.5 Å². The van der Waals surface area contributed by atoms with Crippen molar-refractivity contribution < 1.29 is 64.7 Å². The Labute approximate surface area is 359 Å². The lowest BCUT2D eigenvalue weighted by Gasteiger charge is -2.44. The van der Waals surface area contributed by atoms with E-state index >= 15 is 0 Å². The zero-order chi connectivity index (χ0) is 44.4. The van der Waals surface area contributed by atoms with Gasteiger partial charge in [-0.2, -0.15) is 24.9 Å². The Morgan fingerprint density at radius 1 is 1.02 bits per heavy atom. The van der Waals surface area contributed by atoms with Crippen molar-refractivity contribution in [3.05, 3.63) is 62.7 Å². The van der Waals surface area contributed by atoms with E-state index in [2.05, 4.69) is 21.6 Å². The van der Waals surface area contributed by atoms with E-state index < -0.39 is 40.1 Å². The Kier molecular flexibility index (Phi) is 14.3. The molecule has 3 aromatic carbocycles. The molecule has 0 amide bonds. The minimum absolute atomic E-state index is 0.0709. The van der Waals surface area contributed by atoms with Gasteiger partial charge in [0.1, 0.15) is 12.4 Å². The van der Waals surface area contributed by atoms with Gasteiger partial charge >= 0.3 is 28.5 Å². The monoisotopic (exact) mass is 895 g/mol. The van der Waals surface area contributed by atoms with Gasteiger partial charge in [-0.15, -0.1) is 0 Å². The van der Waals surface area contributed by atoms with Crippen molar-refractivity contribution in [1.29, 1.82) is 0 Å². The molecule has 1 spiro atoms. The second-order valence-corrected chi connectivity index (χ2v) is 17.3. The van der Waals surface area contributed by atoms with Gasteiger partial charge in [0, 0.05) is 53.3 Å². The van der Waals surface area contributed by atoms with Crippen molar-refractivity contribution in [2.45, 2.75) is 76.5 Å². The smallest absolute Gasteiger partial charge is 0.504 e. The number of aromatic hydroxyl groups is 1. The number of esters is 2. The summed E-state index contributed by atoms with van der Waals surface area (Å²) in [6, 6.07) is 3.88. The van der Waals surface area contributed by atoms with Gasteiger partial charge in [0.25, 0.3) is 0 Å². The van der Waals surface area contributed by atoms with Crippen LogP contribution in [0.3, 0.4) is 0 Å². The number of benzene rings is 3. The average molecular weight is 896 g/mol. The van der Waals surface area contributed by atoms with Crippen LogP contribution in [0.1, 0.15) is 63.9 Å². The highest BCUT2D eigenvalue weighted by Crippen LogP contribution is 2.51. The lowest BCUT2D eigenvalue weighted by Crippen LogP contribution is -2.57. The molecule has 0 radical (unpaired) electrons. The molecule has 1 saturated heterocycles. The van der Waals surface area contributed by atoms with Crippen molar-refractivity contribution in [1.82, 2.24) is 15.5 Å². The van der Waals surface area contributed by atoms with E-state index in [0.717, 1.165) is 16.7 Å². The first-order valence-corrected chi connectivity index (χ1v) is 22.0. The van der Waals surface area contributed by atoms with E-state index in [-0.39, 0.29) is 49.0 Å². The zero-order valence-electron chi connectivity index (χ0n) is 35.4. The summed E-state index contributed by atoms with van der Waals surface area (Å²) in [5.41, 5.74) is -1.31. The van der Waals surface area contributed by atoms with Crippen LogP contribution in [-0.4, -0.2) is 104 Å². The number of rotatable bonds is 6. The minimum atomic E-state index is -5.13. The summed E-state index contributed by atoms with van der Waals surface area (Å²) in [6.07, 6.45) is 2.06. The Morgan fingerprint density at radius 3 is 2.41 bits per heavy atom. The first kappa shape index (κ1) is 46.1. The number of cyclic esters (lactones) is 1. The number of aryl methyl sites for hydroxylation is 2. The molecule has 0 saturated carbocycles. The van der Waals surface area contributed by atoms with Crippen LogP contribution in [0, 0.1) is 20.8 Å². The van der Waals surface area contributed by atoms with Gasteiger partial charge in [0.15, 0.2) is 40.0 Å². The molecule has 334 valence electrons. The number of phenolic OH excluding ortho intramolecular Hbond substituents is 1. The van der Waals surface area contributed by atoms with E-state index in [1.54, 1.807) is 6.92 Å². The third-order valence-electron chi connectivity index (χ3n) is 11.2. The molecule has 3 aromatic rings. The lowest BCUT2D eigenvalue weighted by molar-refractivity contribution is -0.154. The van der Waals surface area contributed by atoms with Crippen molar-refractivity contribution >= 4 is 34.8 Å². The topological polar surface area (TPSA) is 163 Å². The summed E-state index contributed by atoms with van der Waals surface area (Å²) >= 11 is -2.18. The molecule has 7 rings (SSSR count). The molecule has 4 aliphatic heterocycles. The highest BCUT2D eigenvalue weighted by molar-refractivity contribution is 7.99. The second-order valence-electron chi connectivity index (χ2n) is 15.2. The number of carbonyl (C=O) groups excluding carboxylic acids is 2. The summed E-state index contributed by atoms with van der Waals surface area (Å²) in [4.78, 5) is 29.4. The summed E-state index contributed by atoms with van der Waals surface area (Å²) in [6.45, 7) is 7.38. The van der Waals surface area contributed by atoms with Crippen molar-refractivity contribution in [3.8, 4) is 40.2 Å². The Balaban J connectivity index is 0.00000201. The fourth-order valence-corrected chi connectivity index (χ4v) is 10.5. The summed E-state index contributed by atoms with van der Waals surface area (Å²) < 4.78 is 91.9. The maximum Gasteiger partial charge on any atom is 0.508 e. The first-order valence-electron chi connectivity index (χ1n) is 19.7. The Morgan fingerprint density at radius 2 is 1.74 bits per heavy atom. The minimum Gasteiger partial charge on any atom is -0.504 e. The number of hydrogen-bond acceptors (Lipinski definition) is 15. The van der Waals surface area contributed by atoms with Crippen LogP contribution in [0.4, 0.5) is 13.2 Å². The summed E-state index contributed by atoms with van der Waals surface area (Å²) in [5, 5.41) is 17.8. The molecule has 0 aromatic heterocycles. The quantitative estimate of drug-likeness (QED) is 0.206. The molecular formula is C42H52F3N3O11S2. The zero-order valence-corrected chi connectivity index (χ0v) is 37.0. The predicted molar refractivity (Wildman–Crippen MR) is 222 cm³/mol. The van der Waals surface area contributed by atoms with Gasteiger partial charge in [0.05, 0.1) is 20.3 Å². The third-order valence-corrected chi connectivity index (χ3v) is 13.2. The van der Waals surface area contributed by atoms with Crippen molar-refractivity contribution in [2.75, 3.05) is 66.3 Å². The largest absolute Gasteiger partial charge is 0.508 e. The molecule has 19 heteroatoms. The molecule has 3 N–H and O–H groups in total. The van der Waals surface area contributed by atoms with E-state index in [1.807, 2.05) is 27.9 Å². The van der Waals surface area contributed by atoms with Crippen molar-refractivity contribution in [2.24, 2.45) is 0 Å². The van der Waals surface area contributed by atoms with Gasteiger partial charge in [0.2, 0.25) is 6.79 Å². The van der Waals surface area contributed by atoms with Crippen LogP contribution in [0.5, 0.6) is 40.2 Å². The average Bonchev–Trinajstić information content (AvgIpc) is 3.69. The number of hydrogen-bond donors (Lipinski definition) is 3. The van der Waals surface area contributed by atoms with Crippen LogP contribution in [0.25, 0.3) is 0 Å². The van der Waals surface area contributed by atoms with E-state index in [4.69, 9.17) is 32.6 Å². The molecule has 4 heterocycles. The Hall–Kier alpha value is -4.43. The summed E-state index contributed by atoms with van der Waals surface area (Å²) in [5.74, 6) is 0.584. The number of nitrogens with zero attached hydrogens (tertiary/aromatic N) is 1. The molecule has 1 fully saturated rings. The SMILES string of the molecule is CNC.COc1cc2c(cc1OS(=O)C(F)(F)F)CCN[C@]21CSCC2Cc3c(cc(C)c(OC)c3O)CCCN2[C@H](c2c(C)c(OC(C)=O)c(C)c3c2OCO3)COC1=O. The van der Waals surface area contributed by atoms with Crippen LogP contribution in [-0.2, 0) is 50.2 Å². The number of fused-ring (bicyclic) bond motifs is 5. The highest BCUT2D eigenvalue weighted by Gasteiger charge is 2.49. The molecule has 4 aliphatic rings. The third kappa shape index (κ3) is 9.07. The molecular weight excluding hydrogens is 844 g/mol. The number of methoxy groups -OCH3 is 2. The number of thioether (sulfide) groups is 1. The first-order chi connectivity index (χ1) is 29.0. The standard InChI is InChI=1S/C40H45F3N2O11S2.C2H7N/c1-20-12-24-8-7-11-45-26(14-27(24)33(47)34(20)51-6)17-57-18-39(28-15-30(50-5)31(13-25(28)9-10-44-39)56-58(49)40(41,42)43)38(48)52-16-29(45)32-21(2)35(55-23(4)46)22(3)36-37(32)54-19-53-36;1-3-2/h12-13,15,26,29,44,47H,7-11,14,16-19H2,1-6H3;3H,1-2H3/t26?,29-,39+,58?;/m0./s1. The molecule has 61 heavy (non-hydrogen) atoms. The number of alkyl halides is 3. The normalized spacial score (nSPS) is 21.9. The lowest BCUT2D eigenvalue weighted by atomic mass is 9.83. The predicted octanol–water partition coefficient (Wildman–Crippen LogP) is 5.62. The number of ether oxygens (including phenoxy) is 6. The fraction of sp³-hybridized carbons (Fsp3) is 0.524. The van der Waals surface area contributed by atoms with Crippen LogP contribution in [0.15, 0.2) is 18.2 Å². The number of halogens is 3. The van der Waals surface area contributed by atoms with Gasteiger partial charge < -0.3 is 43.0 Å². The molecule has 0 bridgehead atoms. The number of phenols is 1. The van der Waals surface area contributed by atoms with Crippen LogP contribution >= 0.6 is 11.8 Å². The molecule has 0 aliphatic carbocycles. The molecule has 14 nitrogen and oxygen atoms in total. The summed E-state index contributed by atoms with van der Waals surface area (Å²) in [7, 11) is 6.51. The van der Waals surface area contributed by atoms with Crippen LogP contribution in [0.2, 0.25) is 0 Å². The van der Waals surface area contributed by atoms with Gasteiger partial charge in [-0.05, 0) is 101 Å². The molecule has 4 atom stereocenters. The van der Waals surface area contributed by atoms with Gasteiger partial charge in [-0.25, -0.2) is 9.00 Å². The van der Waals surface area contributed by atoms with E-state index in [0.29, 0.717) is 88.8 Å². The molecule has 2 unspecified atom stereocenters. The fourth-order valence-electron chi connectivity index (χ4n) is 8.69. The van der Waals surface area contributed by atoms with E-state index in [1.165, 1.54) is 45.0 Å². The Bertz CT molecular complexity index is 2190. The maximum absolute atomic E-state index is 14.8. The maximum atomic E-state index is 14.8.